The standard InChI is InChI=1S/C7H9NO3/c1-2-5-8-6(9)3-4-7(10)11/h2-4H,1,5H2,(H,8,9)(H,10,11)/p-1/b4-3+. The van der Waals surface area contributed by atoms with Crippen LogP contribution in [-0.4, -0.2) is 18.4 Å². The number of carbonyl (C=O) groups excluding carboxylic acids is 2. The van der Waals surface area contributed by atoms with Gasteiger partial charge in [-0.05, 0) is 6.08 Å². The molecule has 0 saturated carbocycles. The quantitative estimate of drug-likeness (QED) is 0.399. The molecule has 0 aromatic carbocycles. The van der Waals surface area contributed by atoms with E-state index in [1.165, 1.54) is 6.08 Å². The maximum atomic E-state index is 10.6. The van der Waals surface area contributed by atoms with Gasteiger partial charge in [-0.15, -0.1) is 6.58 Å². The van der Waals surface area contributed by atoms with Gasteiger partial charge in [-0.1, -0.05) is 6.08 Å². The lowest BCUT2D eigenvalue weighted by Gasteiger charge is -1.95. The molecule has 0 aliphatic carbocycles. The molecule has 60 valence electrons. The smallest absolute Gasteiger partial charge is 0.244 e. The van der Waals surface area contributed by atoms with Crippen molar-refractivity contribution >= 4 is 11.9 Å². The largest absolute Gasteiger partial charge is 0.545 e. The van der Waals surface area contributed by atoms with Crippen molar-refractivity contribution < 1.29 is 14.7 Å². The number of carboxylic acid groups (broad SMARTS) is 1. The van der Waals surface area contributed by atoms with E-state index < -0.39 is 11.9 Å². The molecule has 1 N–H and O–H groups in total. The number of hydrogen-bond acceptors (Lipinski definition) is 3. The zero-order valence-electron chi connectivity index (χ0n) is 5.87. The first-order chi connectivity index (χ1) is 5.16. The van der Waals surface area contributed by atoms with Crippen LogP contribution in [0.2, 0.25) is 0 Å². The summed E-state index contributed by atoms with van der Waals surface area (Å²) in [5.41, 5.74) is 0. The molecule has 0 unspecified atom stereocenters. The fraction of sp³-hybridized carbons (Fsp3) is 0.143. The fourth-order valence-electron chi connectivity index (χ4n) is 0.375. The van der Waals surface area contributed by atoms with E-state index in [0.29, 0.717) is 12.6 Å². The molecule has 0 saturated heterocycles. The van der Waals surface area contributed by atoms with Crippen molar-refractivity contribution in [3.63, 3.8) is 0 Å². The number of aliphatic carboxylic acids is 1. The Bertz CT molecular complexity index is 196. The van der Waals surface area contributed by atoms with E-state index >= 15 is 0 Å². The summed E-state index contributed by atoms with van der Waals surface area (Å²) in [6.45, 7) is 3.68. The Morgan fingerprint density at radius 2 is 2.09 bits per heavy atom. The van der Waals surface area contributed by atoms with Gasteiger partial charge in [0, 0.05) is 12.6 Å². The van der Waals surface area contributed by atoms with Gasteiger partial charge in [0.15, 0.2) is 0 Å². The first kappa shape index (κ1) is 9.42. The summed E-state index contributed by atoms with van der Waals surface area (Å²) in [7, 11) is 0. The lowest BCUT2D eigenvalue weighted by molar-refractivity contribution is -0.297. The van der Waals surface area contributed by atoms with E-state index in [2.05, 4.69) is 11.9 Å². The minimum Gasteiger partial charge on any atom is -0.545 e. The third-order valence-electron chi connectivity index (χ3n) is 0.791. The SMILES string of the molecule is C=CCNC(=O)/C=C/C(=O)[O-]. The Morgan fingerprint density at radius 1 is 1.45 bits per heavy atom. The van der Waals surface area contributed by atoms with Crippen LogP contribution in [0.1, 0.15) is 0 Å². The highest BCUT2D eigenvalue weighted by Gasteiger charge is 1.89. The van der Waals surface area contributed by atoms with Gasteiger partial charge in [0.2, 0.25) is 5.91 Å². The van der Waals surface area contributed by atoms with Gasteiger partial charge >= 0.3 is 0 Å². The average Bonchev–Trinajstić information content (AvgIpc) is 1.97. The molecule has 11 heavy (non-hydrogen) atoms. The lowest BCUT2D eigenvalue weighted by atomic mass is 10.4. The molecule has 0 atom stereocenters. The van der Waals surface area contributed by atoms with E-state index in [1.54, 1.807) is 0 Å². The third kappa shape index (κ3) is 6.30. The monoisotopic (exact) mass is 154 g/mol. The summed E-state index contributed by atoms with van der Waals surface area (Å²) >= 11 is 0. The zero-order chi connectivity index (χ0) is 8.69. The molecule has 4 heteroatoms. The van der Waals surface area contributed by atoms with Gasteiger partial charge in [0.05, 0.1) is 5.97 Å². The van der Waals surface area contributed by atoms with Crippen molar-refractivity contribution in [1.82, 2.24) is 5.32 Å². The maximum absolute atomic E-state index is 10.6. The van der Waals surface area contributed by atoms with E-state index in [4.69, 9.17) is 0 Å². The summed E-state index contributed by atoms with van der Waals surface area (Å²) in [5, 5.41) is 12.1. The van der Waals surface area contributed by atoms with Crippen molar-refractivity contribution in [2.24, 2.45) is 0 Å². The second-order valence-corrected chi connectivity index (χ2v) is 1.69. The van der Waals surface area contributed by atoms with Crippen molar-refractivity contribution in [2.75, 3.05) is 6.54 Å². The number of hydrogen-bond donors (Lipinski definition) is 1. The third-order valence-corrected chi connectivity index (χ3v) is 0.791. The maximum Gasteiger partial charge on any atom is 0.244 e. The summed E-state index contributed by atoms with van der Waals surface area (Å²) in [5.74, 6) is -1.87. The van der Waals surface area contributed by atoms with Crippen LogP contribution in [0.4, 0.5) is 0 Å². The number of amides is 1. The first-order valence-electron chi connectivity index (χ1n) is 2.94. The lowest BCUT2D eigenvalue weighted by Crippen LogP contribution is -2.23. The first-order valence-corrected chi connectivity index (χ1v) is 2.94. The van der Waals surface area contributed by atoms with Crippen LogP contribution >= 0.6 is 0 Å². The van der Waals surface area contributed by atoms with Crippen LogP contribution in [-0.2, 0) is 9.59 Å². The Labute approximate surface area is 64.2 Å². The molecule has 0 aliphatic heterocycles. The highest BCUT2D eigenvalue weighted by Crippen LogP contribution is 1.71. The molecule has 1 amide bonds. The van der Waals surface area contributed by atoms with Crippen LogP contribution < -0.4 is 10.4 Å². The highest BCUT2D eigenvalue weighted by atomic mass is 16.4. The minimum atomic E-state index is -1.39. The molecule has 0 heterocycles. The van der Waals surface area contributed by atoms with Gasteiger partial charge in [0.1, 0.15) is 0 Å². The van der Waals surface area contributed by atoms with Gasteiger partial charge in [-0.2, -0.15) is 0 Å². The van der Waals surface area contributed by atoms with E-state index in [0.717, 1.165) is 6.08 Å². The van der Waals surface area contributed by atoms with E-state index in [9.17, 15) is 14.7 Å². The van der Waals surface area contributed by atoms with Gasteiger partial charge in [-0.3, -0.25) is 4.79 Å². The van der Waals surface area contributed by atoms with Crippen LogP contribution in [0.3, 0.4) is 0 Å². The molecule has 0 bridgehead atoms. The van der Waals surface area contributed by atoms with Gasteiger partial charge in [-0.25, -0.2) is 0 Å². The summed E-state index contributed by atoms with van der Waals surface area (Å²) in [4.78, 5) is 20.3. The Morgan fingerprint density at radius 3 is 2.55 bits per heavy atom. The van der Waals surface area contributed by atoms with Gasteiger partial charge < -0.3 is 15.2 Å². The summed E-state index contributed by atoms with van der Waals surface area (Å²) in [6.07, 6.45) is 3.04. The number of carboxylic acids is 1. The Balaban J connectivity index is 3.68. The summed E-state index contributed by atoms with van der Waals surface area (Å²) in [6, 6.07) is 0. The van der Waals surface area contributed by atoms with Crippen molar-refractivity contribution in [3.8, 4) is 0 Å². The molecule has 4 nitrogen and oxygen atoms in total. The van der Waals surface area contributed by atoms with Gasteiger partial charge in [0.25, 0.3) is 0 Å². The second-order valence-electron chi connectivity index (χ2n) is 1.69. The van der Waals surface area contributed by atoms with Crippen LogP contribution in [0.15, 0.2) is 24.8 Å². The van der Waals surface area contributed by atoms with Crippen molar-refractivity contribution in [3.05, 3.63) is 24.8 Å². The Kier molecular flexibility index (Phi) is 4.47. The summed E-state index contributed by atoms with van der Waals surface area (Å²) < 4.78 is 0. The highest BCUT2D eigenvalue weighted by molar-refractivity contribution is 5.93. The molecular weight excluding hydrogens is 146 g/mol. The minimum absolute atomic E-state index is 0.316. The zero-order valence-corrected chi connectivity index (χ0v) is 5.87. The predicted molar refractivity (Wildman–Crippen MR) is 37.4 cm³/mol. The molecule has 0 aliphatic rings. The van der Waals surface area contributed by atoms with E-state index in [-0.39, 0.29) is 0 Å². The molecule has 0 spiro atoms. The number of carbonyl (C=O) groups is 2. The fourth-order valence-corrected chi connectivity index (χ4v) is 0.375. The van der Waals surface area contributed by atoms with Crippen LogP contribution in [0.25, 0.3) is 0 Å². The van der Waals surface area contributed by atoms with Crippen molar-refractivity contribution in [2.45, 2.75) is 0 Å². The van der Waals surface area contributed by atoms with Crippen molar-refractivity contribution in [1.29, 1.82) is 0 Å². The molecular formula is C7H8NO3-. The topological polar surface area (TPSA) is 69.2 Å². The average molecular weight is 154 g/mol. The Hall–Kier alpha value is -1.58. The number of nitrogens with one attached hydrogen (secondary N) is 1. The van der Waals surface area contributed by atoms with Crippen LogP contribution in [0.5, 0.6) is 0 Å². The molecule has 0 fully saturated rings. The molecule has 0 aromatic heterocycles. The molecule has 0 aromatic rings. The van der Waals surface area contributed by atoms with E-state index in [1.807, 2.05) is 0 Å². The number of rotatable bonds is 4. The predicted octanol–water partition coefficient (Wildman–Crippen LogP) is -1.41. The van der Waals surface area contributed by atoms with Crippen LogP contribution in [0, 0.1) is 0 Å². The normalized spacial score (nSPS) is 9.45. The molecule has 0 radical (unpaired) electrons. The molecule has 0 rings (SSSR count). The second kappa shape index (κ2) is 5.22.